The lowest BCUT2D eigenvalue weighted by molar-refractivity contribution is 0.0762. The number of nitrogens with one attached hydrogen (secondary N) is 1. The van der Waals surface area contributed by atoms with Crippen LogP contribution in [-0.2, 0) is 0 Å². The smallest absolute Gasteiger partial charge is 0.257 e. The van der Waals surface area contributed by atoms with Crippen molar-refractivity contribution in [2.24, 2.45) is 0 Å². The van der Waals surface area contributed by atoms with Gasteiger partial charge in [0.25, 0.3) is 5.91 Å². The van der Waals surface area contributed by atoms with Crippen LogP contribution in [0.4, 0.5) is 11.4 Å². The third kappa shape index (κ3) is 4.57. The van der Waals surface area contributed by atoms with Crippen LogP contribution in [0, 0.1) is 20.8 Å². The van der Waals surface area contributed by atoms with Crippen LogP contribution in [-0.4, -0.2) is 33.9 Å². The molecule has 0 saturated carbocycles. The molecular weight excluding hydrogens is 396 g/mol. The Morgan fingerprint density at radius 2 is 1.73 bits per heavy atom. The van der Waals surface area contributed by atoms with Crippen molar-refractivity contribution in [3.8, 4) is 0 Å². The zero-order valence-corrected chi connectivity index (χ0v) is 18.7. The van der Waals surface area contributed by atoms with Gasteiger partial charge in [-0.2, -0.15) is 0 Å². The number of nitrogens with zero attached hydrogens (tertiary/aromatic N) is 3. The second kappa shape index (κ2) is 9.43. The van der Waals surface area contributed by atoms with E-state index in [2.05, 4.69) is 47.3 Å². The quantitative estimate of drug-likeness (QED) is 0.582. The molecule has 1 aliphatic heterocycles. The predicted octanol–water partition coefficient (Wildman–Crippen LogP) is 5.74. The van der Waals surface area contributed by atoms with Crippen molar-refractivity contribution in [2.45, 2.75) is 46.5 Å². The highest BCUT2D eigenvalue weighted by Gasteiger charge is 2.23. The number of aromatic nitrogens is 2. The van der Waals surface area contributed by atoms with E-state index in [0.717, 1.165) is 53.9 Å². The summed E-state index contributed by atoms with van der Waals surface area (Å²) in [6, 6.07) is 10.3. The Labute approximate surface area is 184 Å². The van der Waals surface area contributed by atoms with E-state index in [-0.39, 0.29) is 18.3 Å². The summed E-state index contributed by atoms with van der Waals surface area (Å²) in [5.41, 5.74) is 6.29. The summed E-state index contributed by atoms with van der Waals surface area (Å²) in [5, 5.41) is 4.42. The monoisotopic (exact) mass is 424 g/mol. The Kier molecular flexibility index (Phi) is 6.93. The van der Waals surface area contributed by atoms with Gasteiger partial charge in [0.2, 0.25) is 0 Å². The maximum absolute atomic E-state index is 13.5. The highest BCUT2D eigenvalue weighted by atomic mass is 35.5. The highest BCUT2D eigenvalue weighted by Crippen LogP contribution is 2.31. The maximum Gasteiger partial charge on any atom is 0.257 e. The summed E-state index contributed by atoms with van der Waals surface area (Å²) >= 11 is 0. The summed E-state index contributed by atoms with van der Waals surface area (Å²) in [7, 11) is 0. The van der Waals surface area contributed by atoms with Gasteiger partial charge in [0.15, 0.2) is 5.65 Å². The third-order valence-electron chi connectivity index (χ3n) is 5.65. The van der Waals surface area contributed by atoms with Gasteiger partial charge in [-0.1, -0.05) is 25.0 Å². The van der Waals surface area contributed by atoms with Gasteiger partial charge in [0, 0.05) is 36.1 Å². The van der Waals surface area contributed by atoms with Gasteiger partial charge >= 0.3 is 0 Å². The van der Waals surface area contributed by atoms with Crippen LogP contribution < -0.4 is 5.32 Å². The normalized spacial score (nSPS) is 14.2. The number of hydrogen-bond donors (Lipinski definition) is 1. The Morgan fingerprint density at radius 3 is 2.47 bits per heavy atom. The van der Waals surface area contributed by atoms with Crippen LogP contribution in [0.5, 0.6) is 0 Å². The second-order valence-corrected chi connectivity index (χ2v) is 8.02. The molecule has 158 valence electrons. The van der Waals surface area contributed by atoms with Crippen molar-refractivity contribution < 1.29 is 4.79 Å². The SMILES string of the molecule is Cc1ccc(C)c(Nc2c(C(=O)N3CCCCCC3)cnc3nc(C)ccc23)c1.Cl. The first-order valence-electron chi connectivity index (χ1n) is 10.4. The standard InChI is InChI=1S/C24H28N4O.ClH/c1-16-8-9-17(2)21(14-16)27-22-19-11-10-18(3)26-23(19)25-15-20(22)24(29)28-12-6-4-5-7-13-28;/h8-11,14-15H,4-7,12-13H2,1-3H3,(H,25,26,27);1H. The first-order valence-corrected chi connectivity index (χ1v) is 10.4. The minimum atomic E-state index is 0. The van der Waals surface area contributed by atoms with E-state index < -0.39 is 0 Å². The number of carbonyl (C=O) groups is 1. The Morgan fingerprint density at radius 1 is 1.00 bits per heavy atom. The lowest BCUT2D eigenvalue weighted by Crippen LogP contribution is -2.32. The number of benzene rings is 1. The average molecular weight is 425 g/mol. The number of anilines is 2. The largest absolute Gasteiger partial charge is 0.354 e. The zero-order chi connectivity index (χ0) is 20.4. The summed E-state index contributed by atoms with van der Waals surface area (Å²) in [5.74, 6) is 0.0506. The number of pyridine rings is 2. The predicted molar refractivity (Wildman–Crippen MR) is 125 cm³/mol. The molecule has 6 heteroatoms. The molecule has 30 heavy (non-hydrogen) atoms. The zero-order valence-electron chi connectivity index (χ0n) is 17.9. The van der Waals surface area contributed by atoms with Gasteiger partial charge in [0.05, 0.1) is 11.3 Å². The maximum atomic E-state index is 13.5. The van der Waals surface area contributed by atoms with E-state index >= 15 is 0 Å². The molecular formula is C24H29ClN4O. The molecule has 2 aromatic heterocycles. The lowest BCUT2D eigenvalue weighted by atomic mass is 10.1. The van der Waals surface area contributed by atoms with Crippen LogP contribution in [0.1, 0.15) is 52.9 Å². The fourth-order valence-corrected chi connectivity index (χ4v) is 3.92. The fourth-order valence-electron chi connectivity index (χ4n) is 3.92. The van der Waals surface area contributed by atoms with E-state index in [0.29, 0.717) is 11.2 Å². The van der Waals surface area contributed by atoms with Crippen molar-refractivity contribution in [3.05, 3.63) is 58.9 Å². The molecule has 0 spiro atoms. The first kappa shape index (κ1) is 22.0. The lowest BCUT2D eigenvalue weighted by Gasteiger charge is -2.23. The molecule has 1 fully saturated rings. The molecule has 0 unspecified atom stereocenters. The number of aryl methyl sites for hydroxylation is 3. The molecule has 3 aromatic rings. The van der Waals surface area contributed by atoms with Crippen molar-refractivity contribution in [2.75, 3.05) is 18.4 Å². The minimum Gasteiger partial charge on any atom is -0.354 e. The van der Waals surface area contributed by atoms with Crippen LogP contribution in [0.2, 0.25) is 0 Å². The Bertz CT molecular complexity index is 1060. The molecule has 0 bridgehead atoms. The van der Waals surface area contributed by atoms with E-state index in [1.165, 1.54) is 18.4 Å². The fraction of sp³-hybridized carbons (Fsp3) is 0.375. The number of hydrogen-bond acceptors (Lipinski definition) is 4. The van der Waals surface area contributed by atoms with E-state index in [1.54, 1.807) is 6.20 Å². The van der Waals surface area contributed by atoms with E-state index in [4.69, 9.17) is 0 Å². The van der Waals surface area contributed by atoms with Gasteiger partial charge < -0.3 is 10.2 Å². The third-order valence-corrected chi connectivity index (χ3v) is 5.65. The van der Waals surface area contributed by atoms with Gasteiger partial charge in [-0.3, -0.25) is 4.79 Å². The average Bonchev–Trinajstić information content (AvgIpc) is 3.00. The van der Waals surface area contributed by atoms with Gasteiger partial charge in [-0.25, -0.2) is 9.97 Å². The van der Waals surface area contributed by atoms with Crippen LogP contribution >= 0.6 is 12.4 Å². The molecule has 3 heterocycles. The van der Waals surface area contributed by atoms with Crippen LogP contribution in [0.25, 0.3) is 11.0 Å². The van der Waals surface area contributed by atoms with Crippen molar-refractivity contribution in [3.63, 3.8) is 0 Å². The molecule has 0 radical (unpaired) electrons. The molecule has 1 saturated heterocycles. The summed E-state index contributed by atoms with van der Waals surface area (Å²) in [6.45, 7) is 7.72. The first-order chi connectivity index (χ1) is 14.0. The molecule has 0 atom stereocenters. The molecule has 1 N–H and O–H groups in total. The summed E-state index contributed by atoms with van der Waals surface area (Å²) in [4.78, 5) is 24.5. The number of halogens is 1. The topological polar surface area (TPSA) is 58.1 Å². The van der Waals surface area contributed by atoms with E-state index in [9.17, 15) is 4.79 Å². The molecule has 5 nitrogen and oxygen atoms in total. The molecule has 1 aromatic carbocycles. The van der Waals surface area contributed by atoms with Gasteiger partial charge in [-0.15, -0.1) is 12.4 Å². The van der Waals surface area contributed by atoms with Gasteiger partial charge in [0.1, 0.15) is 0 Å². The summed E-state index contributed by atoms with van der Waals surface area (Å²) in [6.07, 6.45) is 6.20. The van der Waals surface area contributed by atoms with Crippen LogP contribution in [0.15, 0.2) is 36.5 Å². The number of fused-ring (bicyclic) bond motifs is 1. The Hall–Kier alpha value is -2.66. The number of amides is 1. The molecule has 1 amide bonds. The number of rotatable bonds is 3. The highest BCUT2D eigenvalue weighted by molar-refractivity contribution is 6.07. The molecule has 1 aliphatic rings. The number of likely N-dealkylation sites (tertiary alicyclic amines) is 1. The van der Waals surface area contributed by atoms with Crippen molar-refractivity contribution in [1.82, 2.24) is 14.9 Å². The van der Waals surface area contributed by atoms with Crippen molar-refractivity contribution in [1.29, 1.82) is 0 Å². The van der Waals surface area contributed by atoms with Crippen LogP contribution in [0.3, 0.4) is 0 Å². The van der Waals surface area contributed by atoms with E-state index in [1.807, 2.05) is 24.0 Å². The summed E-state index contributed by atoms with van der Waals surface area (Å²) < 4.78 is 0. The Balaban J connectivity index is 0.00000256. The molecule has 4 rings (SSSR count). The molecule has 0 aliphatic carbocycles. The van der Waals surface area contributed by atoms with Crippen molar-refractivity contribution >= 4 is 40.7 Å². The number of carbonyl (C=O) groups excluding carboxylic acids is 1. The van der Waals surface area contributed by atoms with Gasteiger partial charge in [-0.05, 0) is 62.9 Å². The second-order valence-electron chi connectivity index (χ2n) is 8.02. The minimum absolute atomic E-state index is 0.